The number of rotatable bonds is 5. The van der Waals surface area contributed by atoms with Crippen molar-refractivity contribution in [2.75, 3.05) is 6.61 Å². The van der Waals surface area contributed by atoms with E-state index in [-0.39, 0.29) is 5.91 Å². The van der Waals surface area contributed by atoms with Crippen molar-refractivity contribution in [3.8, 4) is 0 Å². The molecule has 0 aromatic heterocycles. The highest BCUT2D eigenvalue weighted by atomic mass is 16.5. The van der Waals surface area contributed by atoms with Crippen molar-refractivity contribution in [3.05, 3.63) is 0 Å². The average molecular weight is 227 g/mol. The fourth-order valence-corrected chi connectivity index (χ4v) is 1.96. The fourth-order valence-electron chi connectivity index (χ4n) is 1.96. The summed E-state index contributed by atoms with van der Waals surface area (Å²) in [4.78, 5) is 22.6. The Hall–Kier alpha value is -1.10. The number of carbonyl (C=O) groups excluding carboxylic acids is 1. The van der Waals surface area contributed by atoms with E-state index in [0.29, 0.717) is 25.4 Å². The molecule has 1 aliphatic carbocycles. The second kappa shape index (κ2) is 4.82. The van der Waals surface area contributed by atoms with Gasteiger partial charge in [-0.2, -0.15) is 0 Å². The first-order valence-electron chi connectivity index (χ1n) is 5.81. The third kappa shape index (κ3) is 2.95. The van der Waals surface area contributed by atoms with Crippen LogP contribution in [0.4, 0.5) is 0 Å². The van der Waals surface area contributed by atoms with Gasteiger partial charge in [0.1, 0.15) is 12.1 Å². The molecule has 1 saturated carbocycles. The highest BCUT2D eigenvalue weighted by Gasteiger charge is 2.32. The van der Waals surface area contributed by atoms with E-state index < -0.39 is 18.1 Å². The number of carboxylic acid groups (broad SMARTS) is 1. The summed E-state index contributed by atoms with van der Waals surface area (Å²) in [6.45, 7) is 0.596. The lowest BCUT2D eigenvalue weighted by atomic mass is 10.1. The van der Waals surface area contributed by atoms with Crippen LogP contribution in [0.5, 0.6) is 0 Å². The zero-order valence-electron chi connectivity index (χ0n) is 9.15. The minimum Gasteiger partial charge on any atom is -0.480 e. The minimum absolute atomic E-state index is 0.273. The largest absolute Gasteiger partial charge is 0.480 e. The number of amides is 1. The summed E-state index contributed by atoms with van der Waals surface area (Å²) < 4.78 is 5.21. The lowest BCUT2D eigenvalue weighted by Crippen LogP contribution is -2.45. The molecule has 2 rings (SSSR count). The van der Waals surface area contributed by atoms with Gasteiger partial charge in [0.2, 0.25) is 5.91 Å². The third-order valence-electron chi connectivity index (χ3n) is 3.10. The topological polar surface area (TPSA) is 75.6 Å². The van der Waals surface area contributed by atoms with Crippen LogP contribution in [0.15, 0.2) is 0 Å². The summed E-state index contributed by atoms with van der Waals surface area (Å²) in [6.07, 6.45) is 3.84. The quantitative estimate of drug-likeness (QED) is 0.718. The number of hydrogen-bond acceptors (Lipinski definition) is 3. The lowest BCUT2D eigenvalue weighted by molar-refractivity contribution is -0.143. The fraction of sp³-hybridized carbons (Fsp3) is 0.818. The second-order valence-corrected chi connectivity index (χ2v) is 4.58. The Morgan fingerprint density at radius 3 is 2.62 bits per heavy atom. The molecular formula is C11H17NO4. The van der Waals surface area contributed by atoms with E-state index in [2.05, 4.69) is 5.32 Å². The van der Waals surface area contributed by atoms with E-state index in [1.165, 1.54) is 0 Å². The summed E-state index contributed by atoms with van der Waals surface area (Å²) in [6, 6.07) is -0.746. The smallest absolute Gasteiger partial charge is 0.326 e. The highest BCUT2D eigenvalue weighted by Crippen LogP contribution is 2.33. The Morgan fingerprint density at radius 1 is 1.38 bits per heavy atom. The van der Waals surface area contributed by atoms with Gasteiger partial charge in [0, 0.05) is 6.61 Å². The molecule has 1 aliphatic heterocycles. The molecule has 0 bridgehead atoms. The zero-order valence-corrected chi connectivity index (χ0v) is 9.15. The first-order valence-corrected chi connectivity index (χ1v) is 5.81. The summed E-state index contributed by atoms with van der Waals surface area (Å²) >= 11 is 0. The third-order valence-corrected chi connectivity index (χ3v) is 3.10. The van der Waals surface area contributed by atoms with Crippen LogP contribution in [0, 0.1) is 5.92 Å². The van der Waals surface area contributed by atoms with Gasteiger partial charge in [-0.1, -0.05) is 12.8 Å². The highest BCUT2D eigenvalue weighted by molar-refractivity contribution is 5.86. The first kappa shape index (κ1) is 11.4. The predicted octanol–water partition coefficient (Wildman–Crippen LogP) is 0.535. The summed E-state index contributed by atoms with van der Waals surface area (Å²) in [5.74, 6) is -0.741. The van der Waals surface area contributed by atoms with Gasteiger partial charge < -0.3 is 15.2 Å². The summed E-state index contributed by atoms with van der Waals surface area (Å²) in [7, 11) is 0. The van der Waals surface area contributed by atoms with Crippen LogP contribution in [-0.4, -0.2) is 35.7 Å². The molecule has 90 valence electrons. The lowest BCUT2D eigenvalue weighted by Gasteiger charge is -2.16. The maximum atomic E-state index is 11.7. The van der Waals surface area contributed by atoms with Gasteiger partial charge in [-0.15, -0.1) is 0 Å². The molecule has 16 heavy (non-hydrogen) atoms. The van der Waals surface area contributed by atoms with Crippen molar-refractivity contribution >= 4 is 11.9 Å². The standard InChI is InChI=1S/C11H17NO4/c13-10(9-2-1-5-16-9)12-8(11(14)15)6-7-3-4-7/h7-9H,1-6H2,(H,12,13)(H,14,15)/t8-,9+/m0/s1. The molecule has 0 spiro atoms. The van der Waals surface area contributed by atoms with E-state index in [0.717, 1.165) is 19.3 Å². The molecule has 1 saturated heterocycles. The number of aliphatic carboxylic acids is 1. The molecule has 2 fully saturated rings. The minimum atomic E-state index is -0.946. The molecule has 0 radical (unpaired) electrons. The Kier molecular flexibility index (Phi) is 3.43. The zero-order chi connectivity index (χ0) is 11.5. The average Bonchev–Trinajstić information content (AvgIpc) is 2.89. The number of carbonyl (C=O) groups is 2. The van der Waals surface area contributed by atoms with Gasteiger partial charge in [-0.25, -0.2) is 4.79 Å². The van der Waals surface area contributed by atoms with Gasteiger partial charge in [0.25, 0.3) is 0 Å². The van der Waals surface area contributed by atoms with E-state index in [1.54, 1.807) is 0 Å². The predicted molar refractivity (Wildman–Crippen MR) is 55.9 cm³/mol. The van der Waals surface area contributed by atoms with Crippen molar-refractivity contribution in [2.45, 2.75) is 44.2 Å². The van der Waals surface area contributed by atoms with Gasteiger partial charge >= 0.3 is 5.97 Å². The van der Waals surface area contributed by atoms with Crippen molar-refractivity contribution < 1.29 is 19.4 Å². The summed E-state index contributed by atoms with van der Waals surface area (Å²) in [5, 5.41) is 11.6. The maximum absolute atomic E-state index is 11.7. The molecule has 1 heterocycles. The Balaban J connectivity index is 1.83. The molecule has 0 aromatic carbocycles. The van der Waals surface area contributed by atoms with E-state index in [1.807, 2.05) is 0 Å². The molecule has 0 unspecified atom stereocenters. The number of nitrogens with one attached hydrogen (secondary N) is 1. The van der Waals surface area contributed by atoms with Gasteiger partial charge in [-0.3, -0.25) is 4.79 Å². The molecule has 5 nitrogen and oxygen atoms in total. The number of carboxylic acids is 1. The van der Waals surface area contributed by atoms with Gasteiger partial charge in [0.05, 0.1) is 0 Å². The molecule has 1 amide bonds. The van der Waals surface area contributed by atoms with Crippen LogP contribution < -0.4 is 5.32 Å². The van der Waals surface area contributed by atoms with Gasteiger partial charge in [-0.05, 0) is 25.2 Å². The summed E-state index contributed by atoms with van der Waals surface area (Å²) in [5.41, 5.74) is 0. The van der Waals surface area contributed by atoms with Crippen LogP contribution in [0.3, 0.4) is 0 Å². The number of hydrogen-bond donors (Lipinski definition) is 2. The van der Waals surface area contributed by atoms with Crippen molar-refractivity contribution in [1.29, 1.82) is 0 Å². The Labute approximate surface area is 94.2 Å². The van der Waals surface area contributed by atoms with Gasteiger partial charge in [0.15, 0.2) is 0 Å². The SMILES string of the molecule is O=C(O)[C@H](CC1CC1)NC(=O)[C@H]1CCCO1. The monoisotopic (exact) mass is 227 g/mol. The molecule has 2 atom stereocenters. The molecular weight excluding hydrogens is 210 g/mol. The molecule has 2 aliphatic rings. The van der Waals surface area contributed by atoms with Crippen molar-refractivity contribution in [3.63, 3.8) is 0 Å². The maximum Gasteiger partial charge on any atom is 0.326 e. The molecule has 0 aromatic rings. The normalized spacial score (nSPS) is 26.4. The first-order chi connectivity index (χ1) is 7.66. The second-order valence-electron chi connectivity index (χ2n) is 4.58. The van der Waals surface area contributed by atoms with E-state index in [9.17, 15) is 9.59 Å². The van der Waals surface area contributed by atoms with Crippen LogP contribution in [0.25, 0.3) is 0 Å². The van der Waals surface area contributed by atoms with Crippen LogP contribution in [0.1, 0.15) is 32.1 Å². The van der Waals surface area contributed by atoms with Crippen LogP contribution >= 0.6 is 0 Å². The van der Waals surface area contributed by atoms with Crippen molar-refractivity contribution in [2.24, 2.45) is 5.92 Å². The van der Waals surface area contributed by atoms with Crippen LogP contribution in [0.2, 0.25) is 0 Å². The van der Waals surface area contributed by atoms with Crippen LogP contribution in [-0.2, 0) is 14.3 Å². The molecule has 5 heteroatoms. The molecule has 2 N–H and O–H groups in total. The Morgan fingerprint density at radius 2 is 2.12 bits per heavy atom. The Bertz CT molecular complexity index is 282. The number of ether oxygens (including phenoxy) is 1. The van der Waals surface area contributed by atoms with E-state index in [4.69, 9.17) is 9.84 Å². The van der Waals surface area contributed by atoms with E-state index >= 15 is 0 Å². The van der Waals surface area contributed by atoms with Crippen molar-refractivity contribution in [1.82, 2.24) is 5.32 Å².